The maximum absolute atomic E-state index is 12.3. The van der Waals surface area contributed by atoms with Gasteiger partial charge in [0.25, 0.3) is 5.91 Å². The van der Waals surface area contributed by atoms with Crippen molar-refractivity contribution in [1.82, 2.24) is 0 Å². The van der Waals surface area contributed by atoms with Gasteiger partial charge in [0.15, 0.2) is 0 Å². The van der Waals surface area contributed by atoms with Crippen molar-refractivity contribution in [3.8, 4) is 5.75 Å². The van der Waals surface area contributed by atoms with E-state index in [0.29, 0.717) is 28.3 Å². The molecule has 0 saturated carbocycles. The summed E-state index contributed by atoms with van der Waals surface area (Å²) in [5, 5.41) is 2.79. The summed E-state index contributed by atoms with van der Waals surface area (Å²) >= 11 is 0. The van der Waals surface area contributed by atoms with Gasteiger partial charge in [-0.15, -0.1) is 0 Å². The zero-order chi connectivity index (χ0) is 17.9. The molecule has 0 aromatic heterocycles. The highest BCUT2D eigenvalue weighted by Gasteiger charge is 2.16. The molecule has 0 saturated heterocycles. The summed E-state index contributed by atoms with van der Waals surface area (Å²) in [6, 6.07) is 11.9. The van der Waals surface area contributed by atoms with Crippen LogP contribution < -0.4 is 14.4 Å². The van der Waals surface area contributed by atoms with Crippen LogP contribution in [0.5, 0.6) is 5.75 Å². The minimum Gasteiger partial charge on any atom is -0.497 e. The van der Waals surface area contributed by atoms with Crippen LogP contribution in [0.1, 0.15) is 15.9 Å². The molecule has 0 aliphatic carbocycles. The Balaban J connectivity index is 2.20. The van der Waals surface area contributed by atoms with Crippen LogP contribution in [0.3, 0.4) is 0 Å². The number of benzene rings is 2. The van der Waals surface area contributed by atoms with Crippen molar-refractivity contribution in [3.63, 3.8) is 0 Å². The molecular weight excluding hydrogens is 328 g/mol. The lowest BCUT2D eigenvalue weighted by Crippen LogP contribution is -2.25. The fourth-order valence-corrected chi connectivity index (χ4v) is 2.77. The summed E-state index contributed by atoms with van der Waals surface area (Å²) in [5.74, 6) is 0.439. The fraction of sp³-hybridized carbons (Fsp3) is 0.235. The van der Waals surface area contributed by atoms with Gasteiger partial charge < -0.3 is 10.1 Å². The number of nitrogens with zero attached hydrogens (tertiary/aromatic N) is 1. The number of methoxy groups -OCH3 is 1. The molecule has 0 aliphatic heterocycles. The van der Waals surface area contributed by atoms with Crippen molar-refractivity contribution in [2.45, 2.75) is 6.92 Å². The molecule has 0 aliphatic rings. The lowest BCUT2D eigenvalue weighted by Gasteiger charge is -2.19. The maximum Gasteiger partial charge on any atom is 0.255 e. The number of sulfonamides is 1. The first-order valence-corrected chi connectivity index (χ1v) is 9.07. The molecule has 0 fully saturated rings. The Morgan fingerprint density at radius 1 is 1.12 bits per heavy atom. The van der Waals surface area contributed by atoms with Gasteiger partial charge in [0.2, 0.25) is 10.0 Å². The summed E-state index contributed by atoms with van der Waals surface area (Å²) in [6.45, 7) is 1.77. The standard InChI is InChI=1S/C17H20N2O4S/c1-12-11-13(5-10-16(12)19(2)24(4,21)22)17(20)18-14-6-8-15(23-3)9-7-14/h5-11H,1-4H3,(H,18,20). The monoisotopic (exact) mass is 348 g/mol. The summed E-state index contributed by atoms with van der Waals surface area (Å²) in [6.07, 6.45) is 1.14. The van der Waals surface area contributed by atoms with Gasteiger partial charge in [0.05, 0.1) is 19.1 Å². The van der Waals surface area contributed by atoms with Crippen molar-refractivity contribution in [1.29, 1.82) is 0 Å². The average Bonchev–Trinajstić information content (AvgIpc) is 2.54. The van der Waals surface area contributed by atoms with E-state index in [2.05, 4.69) is 5.32 Å². The van der Waals surface area contributed by atoms with E-state index in [4.69, 9.17) is 4.74 Å². The average molecular weight is 348 g/mol. The van der Waals surface area contributed by atoms with Gasteiger partial charge in [-0.3, -0.25) is 9.10 Å². The number of anilines is 2. The minimum absolute atomic E-state index is 0.267. The van der Waals surface area contributed by atoms with E-state index >= 15 is 0 Å². The first kappa shape index (κ1) is 17.8. The number of hydrogen-bond acceptors (Lipinski definition) is 4. The highest BCUT2D eigenvalue weighted by molar-refractivity contribution is 7.92. The Morgan fingerprint density at radius 2 is 1.75 bits per heavy atom. The van der Waals surface area contributed by atoms with Crippen LogP contribution in [-0.4, -0.2) is 34.7 Å². The van der Waals surface area contributed by atoms with E-state index in [-0.39, 0.29) is 5.91 Å². The van der Waals surface area contributed by atoms with Gasteiger partial charge in [-0.1, -0.05) is 0 Å². The molecular formula is C17H20N2O4S. The lowest BCUT2D eigenvalue weighted by atomic mass is 10.1. The molecule has 0 radical (unpaired) electrons. The highest BCUT2D eigenvalue weighted by Crippen LogP contribution is 2.23. The highest BCUT2D eigenvalue weighted by atomic mass is 32.2. The van der Waals surface area contributed by atoms with E-state index in [1.165, 1.54) is 11.4 Å². The number of nitrogens with one attached hydrogen (secondary N) is 1. The molecule has 2 aromatic rings. The van der Waals surface area contributed by atoms with Crippen LogP contribution >= 0.6 is 0 Å². The number of aryl methyl sites for hydroxylation is 1. The molecule has 0 heterocycles. The third kappa shape index (κ3) is 4.05. The van der Waals surface area contributed by atoms with Crippen molar-refractivity contribution in [2.24, 2.45) is 0 Å². The van der Waals surface area contributed by atoms with E-state index in [9.17, 15) is 13.2 Å². The molecule has 0 bridgehead atoms. The zero-order valence-corrected chi connectivity index (χ0v) is 14.8. The molecule has 6 nitrogen and oxygen atoms in total. The smallest absolute Gasteiger partial charge is 0.255 e. The third-order valence-corrected chi connectivity index (χ3v) is 4.84. The van der Waals surface area contributed by atoms with Crippen LogP contribution in [0.15, 0.2) is 42.5 Å². The summed E-state index contributed by atoms with van der Waals surface area (Å²) < 4.78 is 29.5. The molecule has 1 N–H and O–H groups in total. The quantitative estimate of drug-likeness (QED) is 0.901. The second-order valence-electron chi connectivity index (χ2n) is 5.41. The van der Waals surface area contributed by atoms with Crippen molar-refractivity contribution >= 4 is 27.3 Å². The van der Waals surface area contributed by atoms with Gasteiger partial charge in [0, 0.05) is 18.3 Å². The molecule has 0 unspecified atom stereocenters. The molecule has 128 valence electrons. The van der Waals surface area contributed by atoms with Crippen LogP contribution in [-0.2, 0) is 10.0 Å². The van der Waals surface area contributed by atoms with Gasteiger partial charge in [-0.05, 0) is 55.0 Å². The minimum atomic E-state index is -3.35. The van der Waals surface area contributed by atoms with E-state index in [0.717, 1.165) is 6.26 Å². The topological polar surface area (TPSA) is 75.7 Å². The Morgan fingerprint density at radius 3 is 2.25 bits per heavy atom. The van der Waals surface area contributed by atoms with Gasteiger partial charge >= 0.3 is 0 Å². The first-order chi connectivity index (χ1) is 11.2. The number of carbonyl (C=O) groups is 1. The van der Waals surface area contributed by atoms with Crippen LogP contribution in [0.2, 0.25) is 0 Å². The van der Waals surface area contributed by atoms with E-state index < -0.39 is 10.0 Å². The van der Waals surface area contributed by atoms with Crippen molar-refractivity contribution in [2.75, 3.05) is 30.0 Å². The summed E-state index contributed by atoms with van der Waals surface area (Å²) in [7, 11) is -0.290. The Hall–Kier alpha value is -2.54. The number of amides is 1. The second-order valence-corrected chi connectivity index (χ2v) is 7.43. The Bertz CT molecular complexity index is 845. The van der Waals surface area contributed by atoms with Crippen LogP contribution in [0, 0.1) is 6.92 Å². The van der Waals surface area contributed by atoms with E-state index in [1.54, 1.807) is 56.5 Å². The van der Waals surface area contributed by atoms with Gasteiger partial charge in [0.1, 0.15) is 5.75 Å². The molecule has 24 heavy (non-hydrogen) atoms. The first-order valence-electron chi connectivity index (χ1n) is 7.22. The third-order valence-electron chi connectivity index (χ3n) is 3.64. The molecule has 0 atom stereocenters. The zero-order valence-electron chi connectivity index (χ0n) is 14.0. The molecule has 1 amide bonds. The predicted octanol–water partition coefficient (Wildman–Crippen LogP) is 2.65. The van der Waals surface area contributed by atoms with Gasteiger partial charge in [-0.25, -0.2) is 8.42 Å². The van der Waals surface area contributed by atoms with Crippen LogP contribution in [0.4, 0.5) is 11.4 Å². The van der Waals surface area contributed by atoms with Crippen LogP contribution in [0.25, 0.3) is 0 Å². The molecule has 0 spiro atoms. The number of hydrogen-bond donors (Lipinski definition) is 1. The Labute approximate surface area is 142 Å². The largest absolute Gasteiger partial charge is 0.497 e. The maximum atomic E-state index is 12.3. The van der Waals surface area contributed by atoms with E-state index in [1.807, 2.05) is 0 Å². The summed E-state index contributed by atoms with van der Waals surface area (Å²) in [4.78, 5) is 12.3. The summed E-state index contributed by atoms with van der Waals surface area (Å²) in [5.41, 5.74) is 2.34. The Kier molecular flexibility index (Phi) is 5.14. The van der Waals surface area contributed by atoms with Gasteiger partial charge in [-0.2, -0.15) is 0 Å². The number of rotatable bonds is 5. The molecule has 2 aromatic carbocycles. The number of ether oxygens (including phenoxy) is 1. The second kappa shape index (κ2) is 6.92. The molecule has 7 heteroatoms. The van der Waals surface area contributed by atoms with Crippen molar-refractivity contribution < 1.29 is 17.9 Å². The number of carbonyl (C=O) groups excluding carboxylic acids is 1. The van der Waals surface area contributed by atoms with Crippen molar-refractivity contribution in [3.05, 3.63) is 53.6 Å². The SMILES string of the molecule is COc1ccc(NC(=O)c2ccc(N(C)S(C)(=O)=O)c(C)c2)cc1. The molecule has 2 rings (SSSR count). The predicted molar refractivity (Wildman–Crippen MR) is 95.4 cm³/mol. The normalized spacial score (nSPS) is 11.0. The lowest BCUT2D eigenvalue weighted by molar-refractivity contribution is 0.102. The fourth-order valence-electron chi connectivity index (χ4n) is 2.21.